The molecule has 5 heteroatoms. The summed E-state index contributed by atoms with van der Waals surface area (Å²) < 4.78 is 13.4. The molecule has 0 saturated carbocycles. The first-order valence-electron chi connectivity index (χ1n) is 7.77. The predicted molar refractivity (Wildman–Crippen MR) is 85.1 cm³/mol. The molecule has 0 unspecified atom stereocenters. The first kappa shape index (κ1) is 16.2. The highest BCUT2D eigenvalue weighted by Crippen LogP contribution is 2.22. The van der Waals surface area contributed by atoms with Crippen molar-refractivity contribution in [3.63, 3.8) is 0 Å². The maximum absolute atomic E-state index is 13.4. The van der Waals surface area contributed by atoms with E-state index < -0.39 is 0 Å². The van der Waals surface area contributed by atoms with Gasteiger partial charge in [-0.1, -0.05) is 6.92 Å². The third-order valence-corrected chi connectivity index (χ3v) is 4.00. The molecule has 1 aromatic heterocycles. The average molecular weight is 294 g/mol. The number of halogens is 1. The van der Waals surface area contributed by atoms with Crippen molar-refractivity contribution in [3.05, 3.63) is 23.6 Å². The van der Waals surface area contributed by atoms with Crippen LogP contribution >= 0.6 is 0 Å². The standard InChI is InChI=1S/C16H27FN4/c1-5-18-11-13-10-14(17)12-19-15(13)20-6-8-21(9-7-20)16(2,3)4/h10,12,18H,5-9,11H2,1-4H3. The van der Waals surface area contributed by atoms with Gasteiger partial charge in [0.15, 0.2) is 0 Å². The van der Waals surface area contributed by atoms with Crippen LogP contribution in [0.15, 0.2) is 12.3 Å². The Bertz CT molecular complexity index is 462. The Labute approximate surface area is 127 Å². The second-order valence-electron chi connectivity index (χ2n) is 6.56. The number of piperazine rings is 1. The summed E-state index contributed by atoms with van der Waals surface area (Å²) in [5.41, 5.74) is 1.15. The van der Waals surface area contributed by atoms with Gasteiger partial charge in [0.05, 0.1) is 6.20 Å². The van der Waals surface area contributed by atoms with Gasteiger partial charge in [-0.25, -0.2) is 9.37 Å². The normalized spacial score (nSPS) is 17.3. The molecule has 1 saturated heterocycles. The largest absolute Gasteiger partial charge is 0.354 e. The van der Waals surface area contributed by atoms with Crippen molar-refractivity contribution in [2.45, 2.75) is 39.8 Å². The van der Waals surface area contributed by atoms with Crippen LogP contribution in [0.1, 0.15) is 33.3 Å². The fourth-order valence-electron chi connectivity index (χ4n) is 2.74. The molecule has 2 rings (SSSR count). The highest BCUT2D eigenvalue weighted by molar-refractivity contribution is 5.47. The van der Waals surface area contributed by atoms with Crippen LogP contribution in [-0.4, -0.2) is 48.1 Å². The van der Waals surface area contributed by atoms with E-state index in [2.05, 4.69) is 47.8 Å². The number of rotatable bonds is 4. The van der Waals surface area contributed by atoms with Crippen molar-refractivity contribution in [2.24, 2.45) is 0 Å². The molecule has 118 valence electrons. The number of hydrogen-bond acceptors (Lipinski definition) is 4. The van der Waals surface area contributed by atoms with E-state index in [0.29, 0.717) is 6.54 Å². The minimum absolute atomic E-state index is 0.203. The smallest absolute Gasteiger partial charge is 0.141 e. The van der Waals surface area contributed by atoms with Crippen LogP contribution in [0, 0.1) is 5.82 Å². The molecule has 1 aliphatic rings. The Hall–Kier alpha value is -1.20. The second-order valence-corrected chi connectivity index (χ2v) is 6.56. The zero-order valence-corrected chi connectivity index (χ0v) is 13.6. The second kappa shape index (κ2) is 6.71. The molecule has 0 atom stereocenters. The minimum atomic E-state index is -0.264. The number of aromatic nitrogens is 1. The number of nitrogens with zero attached hydrogens (tertiary/aromatic N) is 3. The van der Waals surface area contributed by atoms with Crippen molar-refractivity contribution >= 4 is 5.82 Å². The quantitative estimate of drug-likeness (QED) is 0.923. The Morgan fingerprint density at radius 3 is 2.48 bits per heavy atom. The Kier molecular flexibility index (Phi) is 5.17. The predicted octanol–water partition coefficient (Wildman–Crippen LogP) is 2.25. The van der Waals surface area contributed by atoms with Gasteiger partial charge in [0.1, 0.15) is 11.6 Å². The average Bonchev–Trinajstić information content (AvgIpc) is 2.44. The first-order chi connectivity index (χ1) is 9.91. The van der Waals surface area contributed by atoms with E-state index in [1.807, 2.05) is 0 Å². The molecule has 1 fully saturated rings. The molecule has 21 heavy (non-hydrogen) atoms. The number of nitrogens with one attached hydrogen (secondary N) is 1. The van der Waals surface area contributed by atoms with Gasteiger partial charge in [0.25, 0.3) is 0 Å². The topological polar surface area (TPSA) is 31.4 Å². The molecule has 0 bridgehead atoms. The molecule has 0 amide bonds. The fraction of sp³-hybridized carbons (Fsp3) is 0.688. The summed E-state index contributed by atoms with van der Waals surface area (Å²) in [5, 5.41) is 3.26. The van der Waals surface area contributed by atoms with Crippen LogP contribution in [0.5, 0.6) is 0 Å². The maximum atomic E-state index is 13.4. The zero-order chi connectivity index (χ0) is 15.5. The lowest BCUT2D eigenvalue weighted by molar-refractivity contribution is 0.128. The number of pyridine rings is 1. The van der Waals surface area contributed by atoms with Crippen molar-refractivity contribution in [3.8, 4) is 0 Å². The van der Waals surface area contributed by atoms with E-state index >= 15 is 0 Å². The van der Waals surface area contributed by atoms with E-state index in [1.165, 1.54) is 6.20 Å². The van der Waals surface area contributed by atoms with Crippen LogP contribution in [0.25, 0.3) is 0 Å². The summed E-state index contributed by atoms with van der Waals surface area (Å²) >= 11 is 0. The van der Waals surface area contributed by atoms with E-state index in [0.717, 1.165) is 44.1 Å². The Morgan fingerprint density at radius 2 is 1.90 bits per heavy atom. The Balaban J connectivity index is 2.09. The first-order valence-corrected chi connectivity index (χ1v) is 7.77. The summed E-state index contributed by atoms with van der Waals surface area (Å²) in [4.78, 5) is 9.09. The van der Waals surface area contributed by atoms with Crippen LogP contribution in [0.2, 0.25) is 0 Å². The summed E-state index contributed by atoms with van der Waals surface area (Å²) in [7, 11) is 0. The van der Waals surface area contributed by atoms with E-state index in [-0.39, 0.29) is 11.4 Å². The summed E-state index contributed by atoms with van der Waals surface area (Å²) in [6.45, 7) is 14.2. The molecule has 0 spiro atoms. The maximum Gasteiger partial charge on any atom is 0.141 e. The van der Waals surface area contributed by atoms with E-state index in [1.54, 1.807) is 6.07 Å². The lowest BCUT2D eigenvalue weighted by Gasteiger charge is -2.43. The third kappa shape index (κ3) is 4.14. The lowest BCUT2D eigenvalue weighted by atomic mass is 10.0. The highest BCUT2D eigenvalue weighted by Gasteiger charge is 2.27. The highest BCUT2D eigenvalue weighted by atomic mass is 19.1. The van der Waals surface area contributed by atoms with Crippen molar-refractivity contribution in [1.82, 2.24) is 15.2 Å². The molecule has 1 N–H and O–H groups in total. The molecular weight excluding hydrogens is 267 g/mol. The molecule has 1 aliphatic heterocycles. The van der Waals surface area contributed by atoms with Crippen LogP contribution in [-0.2, 0) is 6.54 Å². The summed E-state index contributed by atoms with van der Waals surface area (Å²) in [5.74, 6) is 0.658. The monoisotopic (exact) mass is 294 g/mol. The van der Waals surface area contributed by atoms with E-state index in [4.69, 9.17) is 0 Å². The molecule has 1 aromatic rings. The zero-order valence-electron chi connectivity index (χ0n) is 13.6. The molecular formula is C16H27FN4. The summed E-state index contributed by atoms with van der Waals surface area (Å²) in [6, 6.07) is 1.60. The Morgan fingerprint density at radius 1 is 1.24 bits per heavy atom. The van der Waals surface area contributed by atoms with Gasteiger partial charge in [0.2, 0.25) is 0 Å². The van der Waals surface area contributed by atoms with Gasteiger partial charge in [-0.05, 0) is 33.4 Å². The lowest BCUT2D eigenvalue weighted by Crippen LogP contribution is -2.53. The molecule has 0 aliphatic carbocycles. The van der Waals surface area contributed by atoms with Crippen LogP contribution in [0.4, 0.5) is 10.2 Å². The van der Waals surface area contributed by atoms with Gasteiger partial charge in [0, 0.05) is 43.8 Å². The van der Waals surface area contributed by atoms with Gasteiger partial charge in [-0.2, -0.15) is 0 Å². The van der Waals surface area contributed by atoms with Crippen molar-refractivity contribution in [2.75, 3.05) is 37.6 Å². The van der Waals surface area contributed by atoms with Crippen molar-refractivity contribution < 1.29 is 4.39 Å². The molecule has 2 heterocycles. The van der Waals surface area contributed by atoms with Crippen molar-refractivity contribution in [1.29, 1.82) is 0 Å². The fourth-order valence-corrected chi connectivity index (χ4v) is 2.74. The number of hydrogen-bond donors (Lipinski definition) is 1. The van der Waals surface area contributed by atoms with Crippen LogP contribution in [0.3, 0.4) is 0 Å². The molecule has 0 aromatic carbocycles. The van der Waals surface area contributed by atoms with Gasteiger partial charge in [-0.15, -0.1) is 0 Å². The van der Waals surface area contributed by atoms with Crippen LogP contribution < -0.4 is 10.2 Å². The van der Waals surface area contributed by atoms with Gasteiger partial charge in [-0.3, -0.25) is 4.90 Å². The van der Waals surface area contributed by atoms with Gasteiger partial charge >= 0.3 is 0 Å². The molecule has 0 radical (unpaired) electrons. The third-order valence-electron chi connectivity index (χ3n) is 4.00. The minimum Gasteiger partial charge on any atom is -0.354 e. The summed E-state index contributed by atoms with van der Waals surface area (Å²) in [6.07, 6.45) is 1.32. The van der Waals surface area contributed by atoms with E-state index in [9.17, 15) is 4.39 Å². The SMILES string of the molecule is CCNCc1cc(F)cnc1N1CCN(C(C)(C)C)CC1. The molecule has 4 nitrogen and oxygen atoms in total. The number of anilines is 1. The van der Waals surface area contributed by atoms with Gasteiger partial charge < -0.3 is 10.2 Å².